The van der Waals surface area contributed by atoms with E-state index in [-0.39, 0.29) is 0 Å². The fraction of sp³-hybridized carbons (Fsp3) is 0.190. The first kappa shape index (κ1) is 23.9. The summed E-state index contributed by atoms with van der Waals surface area (Å²) in [4.78, 5) is 24.2. The molecule has 166 valence electrons. The Hall–Kier alpha value is -2.76. The zero-order valence-electron chi connectivity index (χ0n) is 17.5. The summed E-state index contributed by atoms with van der Waals surface area (Å²) in [7, 11) is 1.61. The molecule has 2 N–H and O–H groups in total. The molecule has 0 unspecified atom stereocenters. The molecule has 32 heavy (non-hydrogen) atoms. The molecule has 0 saturated heterocycles. The second-order valence-electron chi connectivity index (χ2n) is 6.56. The molecule has 8 nitrogen and oxygen atoms in total. The molecule has 1 aromatic heterocycles. The fourth-order valence-corrected chi connectivity index (χ4v) is 4.90. The lowest BCUT2D eigenvalue weighted by Gasteiger charge is -2.09. The number of aryl methyl sites for hydroxylation is 2. The number of carbonyl (C=O) groups excluding carboxylic acids is 2. The molecule has 2 amide bonds. The summed E-state index contributed by atoms with van der Waals surface area (Å²) in [6.07, 6.45) is 1.47. The molecule has 0 aliphatic rings. The highest BCUT2D eigenvalue weighted by molar-refractivity contribution is 9.10. The molecule has 2 aromatic carbocycles. The number of halogens is 1. The average Bonchev–Trinajstić information content (AvgIpc) is 3.19. The van der Waals surface area contributed by atoms with Gasteiger partial charge in [-0.05, 0) is 61.4 Å². The van der Waals surface area contributed by atoms with Crippen molar-refractivity contribution in [2.45, 2.75) is 23.9 Å². The zero-order chi connectivity index (χ0) is 23.1. The van der Waals surface area contributed by atoms with Crippen molar-refractivity contribution in [3.05, 3.63) is 62.6 Å². The molecule has 0 bridgehead atoms. The van der Waals surface area contributed by atoms with Gasteiger partial charge in [0, 0.05) is 21.5 Å². The van der Waals surface area contributed by atoms with Crippen molar-refractivity contribution in [2.75, 3.05) is 12.4 Å². The van der Waals surface area contributed by atoms with Crippen LogP contribution in [0.2, 0.25) is 0 Å². The maximum atomic E-state index is 12.1. The third-order valence-electron chi connectivity index (χ3n) is 4.19. The van der Waals surface area contributed by atoms with Gasteiger partial charge in [0.25, 0.3) is 0 Å². The number of hydrogen-bond donors (Lipinski definition) is 2. The maximum absolute atomic E-state index is 12.1. The predicted molar refractivity (Wildman–Crippen MR) is 130 cm³/mol. The zero-order valence-corrected chi connectivity index (χ0v) is 20.7. The first-order valence-electron chi connectivity index (χ1n) is 9.36. The van der Waals surface area contributed by atoms with Crippen LogP contribution >= 0.6 is 39.0 Å². The number of thioether (sulfide) groups is 1. The molecule has 0 saturated carbocycles. The van der Waals surface area contributed by atoms with Crippen molar-refractivity contribution in [1.82, 2.24) is 15.6 Å². The minimum absolute atomic E-state index is 0.556. The topological polar surface area (TPSA) is 106 Å². The van der Waals surface area contributed by atoms with E-state index in [9.17, 15) is 9.59 Å². The molecule has 0 aliphatic heterocycles. The van der Waals surface area contributed by atoms with Crippen LogP contribution in [-0.4, -0.2) is 35.3 Å². The number of aromatic nitrogens is 2. The van der Waals surface area contributed by atoms with Gasteiger partial charge in [-0.3, -0.25) is 9.59 Å². The van der Waals surface area contributed by atoms with E-state index in [1.54, 1.807) is 31.0 Å². The van der Waals surface area contributed by atoms with Crippen LogP contribution in [0, 0.1) is 13.8 Å². The van der Waals surface area contributed by atoms with Crippen LogP contribution in [0.3, 0.4) is 0 Å². The lowest BCUT2D eigenvalue weighted by atomic mass is 10.1. The number of benzene rings is 2. The maximum Gasteiger partial charge on any atom is 0.329 e. The summed E-state index contributed by atoms with van der Waals surface area (Å²) in [6, 6.07) is 10.9. The van der Waals surface area contributed by atoms with Crippen molar-refractivity contribution >= 4 is 62.7 Å². The predicted octanol–water partition coefficient (Wildman–Crippen LogP) is 4.31. The number of amides is 2. The average molecular weight is 534 g/mol. The summed E-state index contributed by atoms with van der Waals surface area (Å²) in [6.45, 7) is 3.75. The minimum Gasteiger partial charge on any atom is -0.496 e. The normalized spacial score (nSPS) is 10.9. The van der Waals surface area contributed by atoms with Crippen LogP contribution < -0.4 is 15.5 Å². The number of hydrogen-bond acceptors (Lipinski definition) is 8. The van der Waals surface area contributed by atoms with Crippen molar-refractivity contribution in [3.63, 3.8) is 0 Å². The third-order valence-corrected chi connectivity index (χ3v) is 6.70. The first-order chi connectivity index (χ1) is 15.4. The van der Waals surface area contributed by atoms with Crippen molar-refractivity contribution < 1.29 is 14.3 Å². The summed E-state index contributed by atoms with van der Waals surface area (Å²) < 4.78 is 7.19. The molecule has 3 aromatic rings. The Bertz CT molecular complexity index is 1170. The van der Waals surface area contributed by atoms with Crippen LogP contribution in [-0.2, 0) is 15.3 Å². The Morgan fingerprint density at radius 1 is 1.19 bits per heavy atom. The van der Waals surface area contributed by atoms with Gasteiger partial charge in [0.15, 0.2) is 4.34 Å². The molecular weight excluding hydrogens is 514 g/mol. The second kappa shape index (κ2) is 11.2. The number of ether oxygens (including phenoxy) is 1. The number of anilines is 1. The molecule has 0 aliphatic carbocycles. The Balaban J connectivity index is 1.60. The van der Waals surface area contributed by atoms with E-state index in [2.05, 4.69) is 42.0 Å². The number of carbonyl (C=O) groups is 2. The van der Waals surface area contributed by atoms with Gasteiger partial charge in [0.2, 0.25) is 0 Å². The van der Waals surface area contributed by atoms with Gasteiger partial charge in [0.1, 0.15) is 10.8 Å². The summed E-state index contributed by atoms with van der Waals surface area (Å²) in [5, 5.41) is 15.5. The number of hydrazone groups is 1. The third kappa shape index (κ3) is 6.62. The molecule has 0 fully saturated rings. The number of nitrogens with zero attached hydrogens (tertiary/aromatic N) is 3. The van der Waals surface area contributed by atoms with Gasteiger partial charge in [-0.1, -0.05) is 39.0 Å². The standard InChI is InChI=1S/C21H20BrN5O3S2/c1-12-8-16(22)5-6-17(12)24-19(28)20(29)26-23-10-14-4-7-18(30-3)15(9-14)11-31-21-27-25-13(2)32-21/h4-10H,11H2,1-3H3,(H,24,28)(H,26,29)/b23-10+. The van der Waals surface area contributed by atoms with Crippen molar-refractivity contribution in [1.29, 1.82) is 0 Å². The molecule has 11 heteroatoms. The molecule has 1 heterocycles. The van der Waals surface area contributed by atoms with E-state index < -0.39 is 11.8 Å². The quantitative estimate of drug-likeness (QED) is 0.203. The van der Waals surface area contributed by atoms with E-state index >= 15 is 0 Å². The Morgan fingerprint density at radius 2 is 2.00 bits per heavy atom. The Labute approximate surface area is 202 Å². The Kier molecular flexibility index (Phi) is 8.37. The molecular formula is C21H20BrN5O3S2. The number of rotatable bonds is 7. The highest BCUT2D eigenvalue weighted by atomic mass is 79.9. The van der Waals surface area contributed by atoms with E-state index in [0.29, 0.717) is 11.4 Å². The monoisotopic (exact) mass is 533 g/mol. The fourth-order valence-electron chi connectivity index (χ4n) is 2.63. The molecule has 0 radical (unpaired) electrons. The number of nitrogens with one attached hydrogen (secondary N) is 2. The highest BCUT2D eigenvalue weighted by Crippen LogP contribution is 2.30. The minimum atomic E-state index is -0.862. The van der Waals surface area contributed by atoms with Crippen LogP contribution in [0.5, 0.6) is 5.75 Å². The largest absolute Gasteiger partial charge is 0.496 e. The van der Waals surface area contributed by atoms with Gasteiger partial charge in [-0.15, -0.1) is 10.2 Å². The second-order valence-corrected chi connectivity index (χ2v) is 9.88. The smallest absolute Gasteiger partial charge is 0.329 e. The number of methoxy groups -OCH3 is 1. The van der Waals surface area contributed by atoms with Crippen LogP contribution in [0.1, 0.15) is 21.7 Å². The van der Waals surface area contributed by atoms with Crippen LogP contribution in [0.4, 0.5) is 5.69 Å². The van der Waals surface area contributed by atoms with Crippen LogP contribution in [0.25, 0.3) is 0 Å². The van der Waals surface area contributed by atoms with Crippen molar-refractivity contribution in [2.24, 2.45) is 5.10 Å². The Morgan fingerprint density at radius 3 is 2.69 bits per heavy atom. The van der Waals surface area contributed by atoms with Crippen molar-refractivity contribution in [3.8, 4) is 5.75 Å². The molecule has 3 rings (SSSR count). The molecule has 0 atom stereocenters. The van der Waals surface area contributed by atoms with Gasteiger partial charge >= 0.3 is 11.8 Å². The summed E-state index contributed by atoms with van der Waals surface area (Å²) >= 11 is 6.45. The van der Waals surface area contributed by atoms with Crippen LogP contribution in [0.15, 0.2) is 50.3 Å². The lowest BCUT2D eigenvalue weighted by Crippen LogP contribution is -2.32. The lowest BCUT2D eigenvalue weighted by molar-refractivity contribution is -0.136. The van der Waals surface area contributed by atoms with E-state index in [1.807, 2.05) is 38.1 Å². The van der Waals surface area contributed by atoms with E-state index in [1.165, 1.54) is 17.6 Å². The summed E-state index contributed by atoms with van der Waals surface area (Å²) in [5.74, 6) is -0.281. The van der Waals surface area contributed by atoms with Gasteiger partial charge < -0.3 is 10.1 Å². The highest BCUT2D eigenvalue weighted by Gasteiger charge is 2.14. The summed E-state index contributed by atoms with van der Waals surface area (Å²) in [5.41, 5.74) is 5.33. The van der Waals surface area contributed by atoms with Gasteiger partial charge in [-0.2, -0.15) is 5.10 Å². The van der Waals surface area contributed by atoms with Gasteiger partial charge in [-0.25, -0.2) is 5.43 Å². The van der Waals surface area contributed by atoms with E-state index in [0.717, 1.165) is 36.3 Å². The SMILES string of the molecule is COc1ccc(/C=N/NC(=O)C(=O)Nc2ccc(Br)cc2C)cc1CSc1nnc(C)s1. The van der Waals surface area contributed by atoms with E-state index in [4.69, 9.17) is 4.74 Å². The molecule has 0 spiro atoms. The first-order valence-corrected chi connectivity index (χ1v) is 12.0. The van der Waals surface area contributed by atoms with Gasteiger partial charge in [0.05, 0.1) is 13.3 Å².